The molecular formula is C12H13ClN2O2. The number of likely N-dealkylation sites (tertiary alicyclic amines) is 1. The molecular weight excluding hydrogens is 240 g/mol. The van der Waals surface area contributed by atoms with Crippen molar-refractivity contribution in [2.45, 2.75) is 18.4 Å². The van der Waals surface area contributed by atoms with E-state index in [0.29, 0.717) is 24.6 Å². The van der Waals surface area contributed by atoms with Gasteiger partial charge in [0.25, 0.3) is 5.91 Å². The monoisotopic (exact) mass is 252 g/mol. The van der Waals surface area contributed by atoms with Crippen molar-refractivity contribution in [1.29, 1.82) is 0 Å². The van der Waals surface area contributed by atoms with Crippen molar-refractivity contribution in [3.63, 3.8) is 0 Å². The van der Waals surface area contributed by atoms with E-state index >= 15 is 0 Å². The summed E-state index contributed by atoms with van der Waals surface area (Å²) in [7, 11) is 0. The number of amides is 1. The summed E-state index contributed by atoms with van der Waals surface area (Å²) >= 11 is 5.87. The molecule has 0 aromatic carbocycles. The Labute approximate surface area is 104 Å². The zero-order chi connectivity index (χ0) is 12.0. The normalized spacial score (nSPS) is 22.1. The standard InChI is InChI=1S/C12H13ClN2O2/c13-10-9(2-1-5-14-10)11(16)15-6-12(17,7-15)8-3-4-8/h1-2,5,8,17H,3-4,6-7H2. The van der Waals surface area contributed by atoms with Gasteiger partial charge in [-0.15, -0.1) is 0 Å². The molecule has 90 valence electrons. The summed E-state index contributed by atoms with van der Waals surface area (Å²) < 4.78 is 0. The average molecular weight is 253 g/mol. The fourth-order valence-corrected chi connectivity index (χ4v) is 2.55. The molecule has 2 heterocycles. The second-order valence-corrected chi connectivity index (χ2v) is 5.24. The molecule has 1 aromatic rings. The molecule has 3 rings (SSSR count). The van der Waals surface area contributed by atoms with Crippen molar-refractivity contribution in [2.24, 2.45) is 5.92 Å². The molecule has 1 saturated carbocycles. The lowest BCUT2D eigenvalue weighted by molar-refractivity contribution is -0.0958. The second kappa shape index (κ2) is 3.68. The zero-order valence-electron chi connectivity index (χ0n) is 9.27. The predicted molar refractivity (Wildman–Crippen MR) is 62.8 cm³/mol. The van der Waals surface area contributed by atoms with E-state index in [1.165, 1.54) is 0 Å². The lowest BCUT2D eigenvalue weighted by atomic mass is 9.88. The highest BCUT2D eigenvalue weighted by Gasteiger charge is 2.53. The predicted octanol–water partition coefficient (Wildman–Crippen LogP) is 1.33. The first-order chi connectivity index (χ1) is 8.10. The summed E-state index contributed by atoms with van der Waals surface area (Å²) in [5.74, 6) is 0.240. The van der Waals surface area contributed by atoms with Crippen LogP contribution in [0, 0.1) is 5.92 Å². The first-order valence-electron chi connectivity index (χ1n) is 5.72. The molecule has 1 N–H and O–H groups in total. The van der Waals surface area contributed by atoms with Crippen molar-refractivity contribution in [2.75, 3.05) is 13.1 Å². The van der Waals surface area contributed by atoms with Crippen molar-refractivity contribution in [1.82, 2.24) is 9.88 Å². The van der Waals surface area contributed by atoms with Gasteiger partial charge in [0.1, 0.15) is 10.8 Å². The van der Waals surface area contributed by atoms with Gasteiger partial charge in [0.2, 0.25) is 0 Å². The molecule has 0 radical (unpaired) electrons. The van der Waals surface area contributed by atoms with Crippen LogP contribution in [0.5, 0.6) is 0 Å². The third kappa shape index (κ3) is 1.81. The molecule has 5 heteroatoms. The van der Waals surface area contributed by atoms with Crippen LogP contribution < -0.4 is 0 Å². The van der Waals surface area contributed by atoms with E-state index in [2.05, 4.69) is 4.98 Å². The molecule has 1 amide bonds. The van der Waals surface area contributed by atoms with Crippen LogP contribution in [0.25, 0.3) is 0 Å². The molecule has 2 fully saturated rings. The Balaban J connectivity index is 1.71. The molecule has 1 saturated heterocycles. The summed E-state index contributed by atoms with van der Waals surface area (Å²) in [5.41, 5.74) is -0.239. The minimum absolute atomic E-state index is 0.145. The third-order valence-electron chi connectivity index (χ3n) is 3.54. The smallest absolute Gasteiger partial charge is 0.257 e. The lowest BCUT2D eigenvalue weighted by Gasteiger charge is -2.47. The van der Waals surface area contributed by atoms with Crippen molar-refractivity contribution in [3.05, 3.63) is 29.0 Å². The molecule has 0 spiro atoms. The van der Waals surface area contributed by atoms with Crippen molar-refractivity contribution >= 4 is 17.5 Å². The molecule has 0 atom stereocenters. The molecule has 4 nitrogen and oxygen atoms in total. The molecule has 1 aliphatic carbocycles. The van der Waals surface area contributed by atoms with Crippen LogP contribution in [0.1, 0.15) is 23.2 Å². The zero-order valence-corrected chi connectivity index (χ0v) is 10.0. The number of nitrogens with zero attached hydrogens (tertiary/aromatic N) is 2. The van der Waals surface area contributed by atoms with E-state index in [-0.39, 0.29) is 11.1 Å². The van der Waals surface area contributed by atoms with Gasteiger partial charge >= 0.3 is 0 Å². The highest BCUT2D eigenvalue weighted by molar-refractivity contribution is 6.32. The van der Waals surface area contributed by atoms with Crippen LogP contribution >= 0.6 is 11.6 Å². The Bertz CT molecular complexity index is 467. The van der Waals surface area contributed by atoms with Gasteiger partial charge in [0.05, 0.1) is 18.7 Å². The maximum absolute atomic E-state index is 12.1. The molecule has 2 aliphatic rings. The van der Waals surface area contributed by atoms with Gasteiger partial charge in [-0.25, -0.2) is 4.98 Å². The van der Waals surface area contributed by atoms with Crippen molar-refractivity contribution < 1.29 is 9.90 Å². The minimum Gasteiger partial charge on any atom is -0.386 e. The van der Waals surface area contributed by atoms with Crippen LogP contribution in [-0.4, -0.2) is 39.6 Å². The largest absolute Gasteiger partial charge is 0.386 e. The van der Waals surface area contributed by atoms with E-state index in [0.717, 1.165) is 12.8 Å². The summed E-state index contributed by atoms with van der Waals surface area (Å²) in [5, 5.41) is 10.4. The Morgan fingerprint density at radius 1 is 1.53 bits per heavy atom. The Hall–Kier alpha value is -1.13. The number of rotatable bonds is 2. The first-order valence-corrected chi connectivity index (χ1v) is 6.10. The molecule has 17 heavy (non-hydrogen) atoms. The topological polar surface area (TPSA) is 53.4 Å². The third-order valence-corrected chi connectivity index (χ3v) is 3.84. The summed E-state index contributed by atoms with van der Waals surface area (Å²) in [6.45, 7) is 0.837. The minimum atomic E-state index is -0.648. The highest BCUT2D eigenvalue weighted by atomic mass is 35.5. The van der Waals surface area contributed by atoms with E-state index in [1.807, 2.05) is 0 Å². The SMILES string of the molecule is O=C(c1cccnc1Cl)N1CC(O)(C2CC2)C1. The summed E-state index contributed by atoms with van der Waals surface area (Å²) in [6.07, 6.45) is 3.70. The molecule has 0 unspecified atom stereocenters. The number of halogens is 1. The van der Waals surface area contributed by atoms with Gasteiger partial charge in [-0.2, -0.15) is 0 Å². The number of carbonyl (C=O) groups excluding carboxylic acids is 1. The van der Waals surface area contributed by atoms with E-state index in [4.69, 9.17) is 11.6 Å². The number of pyridine rings is 1. The van der Waals surface area contributed by atoms with E-state index in [1.54, 1.807) is 23.2 Å². The number of hydrogen-bond donors (Lipinski definition) is 1. The molecule has 1 aromatic heterocycles. The quantitative estimate of drug-likeness (QED) is 0.808. The summed E-state index contributed by atoms with van der Waals surface area (Å²) in [6, 6.07) is 3.35. The van der Waals surface area contributed by atoms with Crippen LogP contribution in [-0.2, 0) is 0 Å². The lowest BCUT2D eigenvalue weighted by Crippen LogP contribution is -2.64. The highest BCUT2D eigenvalue weighted by Crippen LogP contribution is 2.44. The van der Waals surface area contributed by atoms with E-state index < -0.39 is 5.60 Å². The van der Waals surface area contributed by atoms with Gasteiger partial charge in [-0.3, -0.25) is 4.79 Å². The maximum Gasteiger partial charge on any atom is 0.257 e. The van der Waals surface area contributed by atoms with Crippen molar-refractivity contribution in [3.8, 4) is 0 Å². The fraction of sp³-hybridized carbons (Fsp3) is 0.500. The average Bonchev–Trinajstić information content (AvgIpc) is 3.08. The van der Waals surface area contributed by atoms with E-state index in [9.17, 15) is 9.90 Å². The Morgan fingerprint density at radius 3 is 2.82 bits per heavy atom. The maximum atomic E-state index is 12.1. The van der Waals surface area contributed by atoms with Crippen LogP contribution in [0.15, 0.2) is 18.3 Å². The van der Waals surface area contributed by atoms with Gasteiger partial charge < -0.3 is 10.0 Å². The van der Waals surface area contributed by atoms with Crippen LogP contribution in [0.3, 0.4) is 0 Å². The fourth-order valence-electron chi connectivity index (χ4n) is 2.35. The van der Waals surface area contributed by atoms with Gasteiger partial charge in [-0.05, 0) is 30.9 Å². The summed E-state index contributed by atoms with van der Waals surface area (Å²) in [4.78, 5) is 17.6. The Kier molecular flexibility index (Phi) is 2.38. The first kappa shape index (κ1) is 11.0. The number of carbonyl (C=O) groups is 1. The number of aliphatic hydroxyl groups is 1. The van der Waals surface area contributed by atoms with Gasteiger partial charge in [0.15, 0.2) is 0 Å². The number of hydrogen-bond acceptors (Lipinski definition) is 3. The van der Waals surface area contributed by atoms with Gasteiger partial charge in [-0.1, -0.05) is 11.6 Å². The van der Waals surface area contributed by atoms with Crippen LogP contribution in [0.2, 0.25) is 5.15 Å². The molecule has 1 aliphatic heterocycles. The van der Waals surface area contributed by atoms with Gasteiger partial charge in [0, 0.05) is 6.20 Å². The molecule has 0 bridgehead atoms. The number of aromatic nitrogens is 1. The number of β-amino-alcohol motifs (C(OH)–C–C–N with tert-alkyl or cyclic N) is 1. The van der Waals surface area contributed by atoms with Crippen LogP contribution in [0.4, 0.5) is 0 Å². The second-order valence-electron chi connectivity index (χ2n) is 4.88. The Morgan fingerprint density at radius 2 is 2.24 bits per heavy atom.